The maximum Gasteiger partial charge on any atom is 0.0441 e. The van der Waals surface area contributed by atoms with Gasteiger partial charge < -0.3 is 5.32 Å². The molecule has 0 aliphatic heterocycles. The highest BCUT2D eigenvalue weighted by atomic mass is 32.1. The third-order valence-electron chi connectivity index (χ3n) is 3.75. The molecule has 0 saturated heterocycles. The van der Waals surface area contributed by atoms with E-state index in [2.05, 4.69) is 55.7 Å². The van der Waals surface area contributed by atoms with Crippen molar-refractivity contribution in [3.8, 4) is 10.4 Å². The van der Waals surface area contributed by atoms with Crippen LogP contribution in [0.15, 0.2) is 36.4 Å². The molecule has 1 aliphatic carbocycles. The summed E-state index contributed by atoms with van der Waals surface area (Å²) in [4.78, 5) is 2.88. The average Bonchev–Trinajstić information content (AvgIpc) is 3.09. The quantitative estimate of drug-likeness (QED) is 0.856. The van der Waals surface area contributed by atoms with Gasteiger partial charge in [-0.15, -0.1) is 11.3 Å². The van der Waals surface area contributed by atoms with Crippen LogP contribution in [0.3, 0.4) is 0 Å². The van der Waals surface area contributed by atoms with Gasteiger partial charge >= 0.3 is 0 Å². The summed E-state index contributed by atoms with van der Waals surface area (Å²) >= 11 is 1.94. The van der Waals surface area contributed by atoms with Gasteiger partial charge in [-0.05, 0) is 56.0 Å². The molecule has 0 spiro atoms. The van der Waals surface area contributed by atoms with E-state index in [-0.39, 0.29) is 0 Å². The van der Waals surface area contributed by atoms with Gasteiger partial charge in [-0.3, -0.25) is 0 Å². The highest BCUT2D eigenvalue weighted by molar-refractivity contribution is 7.15. The van der Waals surface area contributed by atoms with Gasteiger partial charge in [0, 0.05) is 15.8 Å². The zero-order valence-corrected chi connectivity index (χ0v) is 11.8. The molecule has 0 radical (unpaired) electrons. The molecule has 0 bridgehead atoms. The van der Waals surface area contributed by atoms with Crippen molar-refractivity contribution in [2.24, 2.45) is 5.92 Å². The van der Waals surface area contributed by atoms with Gasteiger partial charge in [0.1, 0.15) is 0 Å². The minimum Gasteiger partial charge on any atom is -0.312 e. The molecule has 1 unspecified atom stereocenters. The summed E-state index contributed by atoms with van der Waals surface area (Å²) in [5.74, 6) is 0.860. The lowest BCUT2D eigenvalue weighted by molar-refractivity contribution is 0.537. The predicted octanol–water partition coefficient (Wildman–Crippen LogP) is 4.39. The lowest BCUT2D eigenvalue weighted by Gasteiger charge is -2.12. The number of thiophene rings is 1. The SMILES string of the molecule is CNC(c1ccc(-c2ccccc2C)s1)C1CC1. The zero-order chi connectivity index (χ0) is 12.5. The largest absolute Gasteiger partial charge is 0.312 e. The molecule has 1 aliphatic rings. The summed E-state index contributed by atoms with van der Waals surface area (Å²) in [6, 6.07) is 13.8. The molecule has 1 heterocycles. The second-order valence-electron chi connectivity index (χ2n) is 5.12. The summed E-state index contributed by atoms with van der Waals surface area (Å²) in [5.41, 5.74) is 2.73. The van der Waals surface area contributed by atoms with Crippen molar-refractivity contribution in [2.75, 3.05) is 7.05 Å². The van der Waals surface area contributed by atoms with Crippen molar-refractivity contribution < 1.29 is 0 Å². The molecule has 1 aromatic heterocycles. The maximum atomic E-state index is 3.47. The number of benzene rings is 1. The second kappa shape index (κ2) is 4.87. The van der Waals surface area contributed by atoms with Gasteiger partial charge in [-0.1, -0.05) is 24.3 Å². The molecule has 2 aromatic rings. The molecule has 1 nitrogen and oxygen atoms in total. The van der Waals surface area contributed by atoms with Crippen LogP contribution in [0, 0.1) is 12.8 Å². The molecule has 1 atom stereocenters. The van der Waals surface area contributed by atoms with Crippen LogP contribution in [0.4, 0.5) is 0 Å². The highest BCUT2D eigenvalue weighted by Crippen LogP contribution is 2.44. The molecular weight excluding hydrogens is 238 g/mol. The van der Waals surface area contributed by atoms with Gasteiger partial charge in [0.05, 0.1) is 0 Å². The Morgan fingerprint density at radius 2 is 1.94 bits per heavy atom. The minimum atomic E-state index is 0.563. The van der Waals surface area contributed by atoms with E-state index >= 15 is 0 Å². The van der Waals surface area contributed by atoms with Crippen LogP contribution in [0.25, 0.3) is 10.4 Å². The van der Waals surface area contributed by atoms with Crippen molar-refractivity contribution in [1.82, 2.24) is 5.32 Å². The molecule has 1 aromatic carbocycles. The third kappa shape index (κ3) is 2.23. The summed E-state index contributed by atoms with van der Waals surface area (Å²) in [6.07, 6.45) is 2.76. The number of hydrogen-bond acceptors (Lipinski definition) is 2. The monoisotopic (exact) mass is 257 g/mol. The summed E-state index contributed by atoms with van der Waals surface area (Å²) in [5, 5.41) is 3.47. The Kier molecular flexibility index (Phi) is 3.23. The Morgan fingerprint density at radius 1 is 1.17 bits per heavy atom. The van der Waals surface area contributed by atoms with E-state index in [0.717, 1.165) is 5.92 Å². The molecular formula is C16H19NS. The smallest absolute Gasteiger partial charge is 0.0441 e. The molecule has 2 heteroatoms. The first-order valence-electron chi connectivity index (χ1n) is 6.62. The molecule has 18 heavy (non-hydrogen) atoms. The lowest BCUT2D eigenvalue weighted by Crippen LogP contribution is -2.16. The van der Waals surface area contributed by atoms with Crippen LogP contribution < -0.4 is 5.32 Å². The van der Waals surface area contributed by atoms with Crippen LogP contribution in [0.1, 0.15) is 29.3 Å². The molecule has 0 amide bonds. The Hall–Kier alpha value is -1.12. The normalized spacial score (nSPS) is 16.8. The lowest BCUT2D eigenvalue weighted by atomic mass is 10.1. The zero-order valence-electron chi connectivity index (χ0n) is 10.9. The fourth-order valence-corrected chi connectivity index (χ4v) is 3.86. The van der Waals surface area contributed by atoms with Gasteiger partial charge in [0.15, 0.2) is 0 Å². The number of aryl methyl sites for hydroxylation is 1. The van der Waals surface area contributed by atoms with Crippen molar-refractivity contribution in [3.63, 3.8) is 0 Å². The topological polar surface area (TPSA) is 12.0 Å². The standard InChI is InChI=1S/C16H19NS/c1-11-5-3-4-6-13(11)14-9-10-15(18-14)16(17-2)12-7-8-12/h3-6,9-10,12,16-17H,7-8H2,1-2H3. The molecule has 1 N–H and O–H groups in total. The van der Waals surface area contributed by atoms with Crippen LogP contribution >= 0.6 is 11.3 Å². The second-order valence-corrected chi connectivity index (χ2v) is 6.24. The van der Waals surface area contributed by atoms with Crippen LogP contribution in [-0.2, 0) is 0 Å². The first-order chi connectivity index (χ1) is 8.79. The molecule has 3 rings (SSSR count). The summed E-state index contributed by atoms with van der Waals surface area (Å²) in [7, 11) is 2.08. The number of hydrogen-bond donors (Lipinski definition) is 1. The highest BCUT2D eigenvalue weighted by Gasteiger charge is 2.32. The first-order valence-corrected chi connectivity index (χ1v) is 7.44. The van der Waals surface area contributed by atoms with Gasteiger partial charge in [-0.25, -0.2) is 0 Å². The molecule has 94 valence electrons. The Bertz CT molecular complexity index is 540. The third-order valence-corrected chi connectivity index (χ3v) is 4.95. The maximum absolute atomic E-state index is 3.47. The Labute approximate surface area is 113 Å². The van der Waals surface area contributed by atoms with Crippen LogP contribution in [-0.4, -0.2) is 7.05 Å². The van der Waals surface area contributed by atoms with Gasteiger partial charge in [-0.2, -0.15) is 0 Å². The van der Waals surface area contributed by atoms with E-state index in [9.17, 15) is 0 Å². The minimum absolute atomic E-state index is 0.563. The van der Waals surface area contributed by atoms with Crippen molar-refractivity contribution >= 4 is 11.3 Å². The van der Waals surface area contributed by atoms with E-state index in [1.165, 1.54) is 33.7 Å². The first kappa shape index (κ1) is 11.9. The average molecular weight is 257 g/mol. The number of nitrogens with one attached hydrogen (secondary N) is 1. The molecule has 1 fully saturated rings. The van der Waals surface area contributed by atoms with Crippen molar-refractivity contribution in [2.45, 2.75) is 25.8 Å². The molecule has 1 saturated carbocycles. The summed E-state index contributed by atoms with van der Waals surface area (Å²) in [6.45, 7) is 2.19. The van der Waals surface area contributed by atoms with Gasteiger partial charge in [0.2, 0.25) is 0 Å². The van der Waals surface area contributed by atoms with E-state index in [4.69, 9.17) is 0 Å². The van der Waals surface area contributed by atoms with Crippen LogP contribution in [0.5, 0.6) is 0 Å². The van der Waals surface area contributed by atoms with E-state index in [1.54, 1.807) is 0 Å². The van der Waals surface area contributed by atoms with E-state index < -0.39 is 0 Å². The van der Waals surface area contributed by atoms with Gasteiger partial charge in [0.25, 0.3) is 0 Å². The van der Waals surface area contributed by atoms with Crippen molar-refractivity contribution in [3.05, 3.63) is 46.8 Å². The fraction of sp³-hybridized carbons (Fsp3) is 0.375. The summed E-state index contributed by atoms with van der Waals surface area (Å²) < 4.78 is 0. The van der Waals surface area contributed by atoms with Crippen molar-refractivity contribution in [1.29, 1.82) is 0 Å². The predicted molar refractivity (Wildman–Crippen MR) is 79.0 cm³/mol. The van der Waals surface area contributed by atoms with Crippen LogP contribution in [0.2, 0.25) is 0 Å². The Balaban J connectivity index is 1.91. The van der Waals surface area contributed by atoms with E-state index in [1.807, 2.05) is 11.3 Å². The van der Waals surface area contributed by atoms with E-state index in [0.29, 0.717) is 6.04 Å². The Morgan fingerprint density at radius 3 is 2.61 bits per heavy atom. The fourth-order valence-electron chi connectivity index (χ4n) is 2.55. The number of rotatable bonds is 4.